The fourth-order valence-corrected chi connectivity index (χ4v) is 8.46. The van der Waals surface area contributed by atoms with E-state index in [9.17, 15) is 36.7 Å². The minimum Gasteiger partial charge on any atom is -0.390 e. The predicted molar refractivity (Wildman–Crippen MR) is 179 cm³/mol. The zero-order valence-electron chi connectivity index (χ0n) is 29.6. The van der Waals surface area contributed by atoms with Crippen molar-refractivity contribution in [2.75, 3.05) is 40.3 Å². The van der Waals surface area contributed by atoms with Gasteiger partial charge < -0.3 is 15.3 Å². The van der Waals surface area contributed by atoms with Crippen molar-refractivity contribution in [3.05, 3.63) is 0 Å². The van der Waals surface area contributed by atoms with Crippen LogP contribution in [0.4, 0.5) is 8.78 Å². The lowest BCUT2D eigenvalue weighted by molar-refractivity contribution is -0.139. The largest absolute Gasteiger partial charge is 0.390 e. The van der Waals surface area contributed by atoms with E-state index in [-0.39, 0.29) is 69.2 Å². The summed E-state index contributed by atoms with van der Waals surface area (Å²) in [5.74, 6) is -3.14. The molecule has 14 heteroatoms. The van der Waals surface area contributed by atoms with Crippen LogP contribution in [0.3, 0.4) is 0 Å². The van der Waals surface area contributed by atoms with Crippen LogP contribution in [0.1, 0.15) is 98.8 Å². The summed E-state index contributed by atoms with van der Waals surface area (Å²) in [5.41, 5.74) is 2.81. The van der Waals surface area contributed by atoms with Gasteiger partial charge in [0.15, 0.2) is 0 Å². The van der Waals surface area contributed by atoms with Crippen molar-refractivity contribution in [3.8, 4) is 0 Å². The molecule has 0 aromatic carbocycles. The van der Waals surface area contributed by atoms with Gasteiger partial charge in [0.2, 0.25) is 27.7 Å². The Morgan fingerprint density at radius 1 is 0.851 bits per heavy atom. The van der Waals surface area contributed by atoms with Gasteiger partial charge in [-0.2, -0.15) is 0 Å². The van der Waals surface area contributed by atoms with Crippen molar-refractivity contribution in [1.29, 1.82) is 0 Å². The smallest absolute Gasteiger partial charge is 0.236 e. The van der Waals surface area contributed by atoms with Gasteiger partial charge >= 0.3 is 0 Å². The van der Waals surface area contributed by atoms with Gasteiger partial charge in [0.25, 0.3) is 0 Å². The van der Waals surface area contributed by atoms with Crippen LogP contribution in [0, 0.1) is 23.7 Å². The molecule has 11 nitrogen and oxygen atoms in total. The van der Waals surface area contributed by atoms with E-state index in [0.717, 1.165) is 17.1 Å². The average Bonchev–Trinajstić information content (AvgIpc) is 2.99. The third-order valence-corrected chi connectivity index (χ3v) is 11.6. The van der Waals surface area contributed by atoms with E-state index < -0.39 is 63.4 Å². The molecule has 0 bridgehead atoms. The van der Waals surface area contributed by atoms with E-state index in [4.69, 9.17) is 0 Å². The van der Waals surface area contributed by atoms with Crippen molar-refractivity contribution in [3.63, 3.8) is 0 Å². The fraction of sp³-hybridized carbons (Fsp3) is 0.909. The highest BCUT2D eigenvalue weighted by molar-refractivity contribution is 7.89. The van der Waals surface area contributed by atoms with Gasteiger partial charge in [-0.05, 0) is 63.7 Å². The molecule has 2 saturated carbocycles. The van der Waals surface area contributed by atoms with Crippen molar-refractivity contribution < 1.29 is 36.7 Å². The quantitative estimate of drug-likeness (QED) is 0.187. The molecule has 0 spiro atoms. The molecule has 2 aliphatic carbocycles. The average molecular weight is 694 g/mol. The van der Waals surface area contributed by atoms with Gasteiger partial charge in [0.05, 0.1) is 17.4 Å². The highest BCUT2D eigenvalue weighted by Crippen LogP contribution is 2.36. The van der Waals surface area contributed by atoms with Crippen molar-refractivity contribution in [1.82, 2.24) is 25.0 Å². The molecule has 0 aliphatic heterocycles. The molecular weight excluding hydrogens is 632 g/mol. The molecule has 0 aromatic heterocycles. The molecule has 3 N–H and O–H groups in total. The first-order valence-electron chi connectivity index (χ1n) is 17.6. The number of nitrogens with zero attached hydrogens (tertiary/aromatic N) is 3. The summed E-state index contributed by atoms with van der Waals surface area (Å²) >= 11 is 0. The van der Waals surface area contributed by atoms with Gasteiger partial charge in [0, 0.05) is 64.4 Å². The van der Waals surface area contributed by atoms with Crippen LogP contribution in [0.15, 0.2) is 0 Å². The second kappa shape index (κ2) is 19.3. The monoisotopic (exact) mass is 693 g/mol. The zero-order chi connectivity index (χ0) is 35.5. The van der Waals surface area contributed by atoms with Gasteiger partial charge in [0.1, 0.15) is 12.3 Å². The number of hydrogen-bond donors (Lipinski definition) is 3. The molecule has 3 amide bonds. The Hall–Kier alpha value is -1.90. The number of carbonyl (C=O) groups is 3. The summed E-state index contributed by atoms with van der Waals surface area (Å²) in [7, 11) is -0.933. The fourth-order valence-electron chi connectivity index (χ4n) is 6.91. The number of halogens is 2. The zero-order valence-corrected chi connectivity index (χ0v) is 30.4. The maximum atomic E-state index is 14.4. The lowest BCUT2D eigenvalue weighted by atomic mass is 9.79. The number of rotatable bonds is 18. The highest BCUT2D eigenvalue weighted by Gasteiger charge is 2.44. The van der Waals surface area contributed by atoms with Crippen LogP contribution >= 0.6 is 0 Å². The molecule has 47 heavy (non-hydrogen) atoms. The van der Waals surface area contributed by atoms with E-state index in [0.29, 0.717) is 26.1 Å². The van der Waals surface area contributed by atoms with E-state index >= 15 is 0 Å². The second-order valence-electron chi connectivity index (χ2n) is 14.1. The molecule has 7 atom stereocenters. The Balaban J connectivity index is 2.38. The molecule has 2 fully saturated rings. The molecule has 0 aromatic rings. The Morgan fingerprint density at radius 2 is 1.40 bits per heavy atom. The van der Waals surface area contributed by atoms with Gasteiger partial charge in [-0.1, -0.05) is 34.6 Å². The van der Waals surface area contributed by atoms with Crippen LogP contribution in [-0.2, 0) is 24.4 Å². The van der Waals surface area contributed by atoms with Crippen molar-refractivity contribution in [2.24, 2.45) is 23.7 Å². The second-order valence-corrected chi connectivity index (χ2v) is 16.6. The number of sulfonamides is 1. The number of aliphatic hydroxyl groups is 1. The van der Waals surface area contributed by atoms with Crippen molar-refractivity contribution in [2.45, 2.75) is 129 Å². The minimum atomic E-state index is -3.80. The summed E-state index contributed by atoms with van der Waals surface area (Å²) in [4.78, 5) is 41.9. The lowest BCUT2D eigenvalue weighted by Gasteiger charge is -2.38. The third kappa shape index (κ3) is 12.5. The van der Waals surface area contributed by atoms with Gasteiger partial charge in [-0.3, -0.25) is 19.8 Å². The maximum Gasteiger partial charge on any atom is 0.236 e. The molecule has 7 unspecified atom stereocenters. The van der Waals surface area contributed by atoms with Gasteiger partial charge in [-0.25, -0.2) is 26.5 Å². The van der Waals surface area contributed by atoms with E-state index in [1.807, 2.05) is 20.8 Å². The molecule has 2 rings (SSSR count). The molecule has 2 aliphatic rings. The number of hydrazine groups is 1. The molecule has 0 saturated heterocycles. The lowest BCUT2D eigenvalue weighted by Crippen LogP contribution is -2.55. The van der Waals surface area contributed by atoms with Gasteiger partial charge in [-0.15, -0.1) is 0 Å². The van der Waals surface area contributed by atoms with E-state index in [2.05, 4.69) is 10.7 Å². The maximum absolute atomic E-state index is 14.4. The highest BCUT2D eigenvalue weighted by atomic mass is 32.2. The SMILES string of the molecule is CCCN(CC(O)C(CC1CC(F)CC(F)C1)NC(=O)C1CC(C(=O)N(CCC)CCC)CC(S(=O)(=O)N(C)C)C1)NC(=O)C(C)C. The summed E-state index contributed by atoms with van der Waals surface area (Å²) in [6.07, 6.45) is -1.26. The minimum absolute atomic E-state index is 0.00936. The molecular formula is C33H61F2N5O6S. The Morgan fingerprint density at radius 3 is 1.91 bits per heavy atom. The number of alkyl halides is 2. The van der Waals surface area contributed by atoms with Crippen LogP contribution in [0.5, 0.6) is 0 Å². The Kier molecular flexibility index (Phi) is 17.0. The topological polar surface area (TPSA) is 139 Å². The van der Waals surface area contributed by atoms with E-state index in [1.54, 1.807) is 23.8 Å². The molecule has 0 radical (unpaired) electrons. The van der Waals surface area contributed by atoms with E-state index in [1.165, 1.54) is 14.1 Å². The Bertz CT molecular complexity index is 1100. The summed E-state index contributed by atoms with van der Waals surface area (Å²) < 4.78 is 56.6. The number of hydrogen-bond acceptors (Lipinski definition) is 7. The summed E-state index contributed by atoms with van der Waals surface area (Å²) in [6, 6.07) is -0.919. The number of nitrogens with one attached hydrogen (secondary N) is 2. The molecule has 274 valence electrons. The standard InChI is InChI=1S/C33H61F2N5O6S/c1-8-11-39(12-9-2)33(44)25-17-24(18-28(19-25)47(45,46)38(6)7)32(43)36-29(16-23-14-26(34)20-27(35)15-23)30(41)21-40(13-10-3)37-31(42)22(4)5/h22-30,41H,8-21H2,1-7H3,(H,36,43)(H,37,42). The van der Waals surface area contributed by atoms with Crippen LogP contribution < -0.4 is 10.7 Å². The summed E-state index contributed by atoms with van der Waals surface area (Å²) in [5, 5.41) is 15.1. The number of carbonyl (C=O) groups excluding carboxylic acids is 3. The number of aliphatic hydroxyl groups excluding tert-OH is 1. The first kappa shape index (κ1) is 41.3. The normalized spacial score (nSPS) is 26.7. The summed E-state index contributed by atoms with van der Waals surface area (Å²) in [6.45, 7) is 10.8. The first-order valence-corrected chi connectivity index (χ1v) is 19.1. The van der Waals surface area contributed by atoms with Crippen LogP contribution in [0.25, 0.3) is 0 Å². The number of amides is 3. The Labute approximate surface area is 281 Å². The van der Waals surface area contributed by atoms with Crippen LogP contribution in [0.2, 0.25) is 0 Å². The predicted octanol–water partition coefficient (Wildman–Crippen LogP) is 3.42. The third-order valence-electron chi connectivity index (χ3n) is 9.38. The molecule has 0 heterocycles. The van der Waals surface area contributed by atoms with Crippen LogP contribution in [-0.4, -0.2) is 115 Å². The van der Waals surface area contributed by atoms with Crippen molar-refractivity contribution >= 4 is 27.7 Å². The first-order chi connectivity index (χ1) is 22.0.